The molecule has 0 aliphatic heterocycles. The van der Waals surface area contributed by atoms with Gasteiger partial charge in [-0.25, -0.2) is 4.98 Å². The fraction of sp³-hybridized carbons (Fsp3) is 0.250. The van der Waals surface area contributed by atoms with Crippen LogP contribution in [0.5, 0.6) is 0 Å². The molecule has 0 fully saturated rings. The maximum atomic E-state index is 12.3. The quantitative estimate of drug-likeness (QED) is 0.859. The van der Waals surface area contributed by atoms with Gasteiger partial charge >= 0.3 is 6.18 Å². The summed E-state index contributed by atoms with van der Waals surface area (Å²) in [5.74, 6) is 0. The number of aryl methyl sites for hydroxylation is 1. The normalized spacial score (nSPS) is 11.8. The Kier molecular flexibility index (Phi) is 2.58. The minimum atomic E-state index is -4.40. The fourth-order valence-corrected chi connectivity index (χ4v) is 1.78. The number of nitrogens with one attached hydrogen (secondary N) is 2. The lowest BCUT2D eigenvalue weighted by molar-refractivity contribution is -0.140. The van der Waals surface area contributed by atoms with E-state index in [1.54, 1.807) is 6.92 Å². The highest BCUT2D eigenvalue weighted by Gasteiger charge is 2.33. The number of H-pyrrole nitrogens is 1. The molecule has 2 aromatic heterocycles. The molecule has 0 aliphatic rings. The molecule has 2 aromatic rings. The summed E-state index contributed by atoms with van der Waals surface area (Å²) in [7, 11) is 0. The van der Waals surface area contributed by atoms with Crippen molar-refractivity contribution in [3.8, 4) is 0 Å². The molecular formula is C8H7F3N4S. The van der Waals surface area contributed by atoms with Gasteiger partial charge in [0.25, 0.3) is 0 Å². The maximum Gasteiger partial charge on any atom is 0.434 e. The summed E-state index contributed by atoms with van der Waals surface area (Å²) in [5, 5.41) is 10.3. The van der Waals surface area contributed by atoms with Gasteiger partial charge in [-0.15, -0.1) is 11.3 Å². The summed E-state index contributed by atoms with van der Waals surface area (Å²) in [4.78, 5) is 3.44. The van der Waals surface area contributed by atoms with Crippen molar-refractivity contribution in [3.63, 3.8) is 0 Å². The molecule has 0 aliphatic carbocycles. The van der Waals surface area contributed by atoms with E-state index in [2.05, 4.69) is 20.5 Å². The van der Waals surface area contributed by atoms with E-state index in [0.717, 1.165) is 22.4 Å². The third-order valence-corrected chi connectivity index (χ3v) is 2.62. The van der Waals surface area contributed by atoms with Crippen LogP contribution in [0.2, 0.25) is 0 Å². The van der Waals surface area contributed by atoms with Crippen molar-refractivity contribution in [2.24, 2.45) is 0 Å². The largest absolute Gasteiger partial charge is 0.434 e. The predicted octanol–water partition coefficient (Wildman–Crippen LogP) is 2.94. The molecule has 0 bridgehead atoms. The second-order valence-corrected chi connectivity index (χ2v) is 3.93. The van der Waals surface area contributed by atoms with E-state index in [0.29, 0.717) is 5.69 Å². The van der Waals surface area contributed by atoms with Crippen molar-refractivity contribution in [1.82, 2.24) is 15.2 Å². The molecule has 8 heteroatoms. The van der Waals surface area contributed by atoms with Crippen LogP contribution in [0.4, 0.5) is 24.0 Å². The molecule has 16 heavy (non-hydrogen) atoms. The Bertz CT molecular complexity index is 487. The zero-order chi connectivity index (χ0) is 11.8. The van der Waals surface area contributed by atoms with Gasteiger partial charge in [0.05, 0.1) is 17.6 Å². The van der Waals surface area contributed by atoms with E-state index in [1.165, 1.54) is 6.20 Å². The molecule has 2 N–H and O–H groups in total. The highest BCUT2D eigenvalue weighted by molar-refractivity contribution is 7.13. The molecule has 4 nitrogen and oxygen atoms in total. The van der Waals surface area contributed by atoms with Gasteiger partial charge in [-0.05, 0) is 6.92 Å². The zero-order valence-electron chi connectivity index (χ0n) is 8.09. The van der Waals surface area contributed by atoms with Gasteiger partial charge in [0.2, 0.25) is 0 Å². The van der Waals surface area contributed by atoms with E-state index in [1.807, 2.05) is 0 Å². The van der Waals surface area contributed by atoms with Gasteiger partial charge in [-0.1, -0.05) is 0 Å². The molecular weight excluding hydrogens is 241 g/mol. The first-order chi connectivity index (χ1) is 7.47. The van der Waals surface area contributed by atoms with Gasteiger partial charge in [0, 0.05) is 5.38 Å². The summed E-state index contributed by atoms with van der Waals surface area (Å²) >= 11 is 0.899. The number of thiazole rings is 1. The summed E-state index contributed by atoms with van der Waals surface area (Å²) in [6, 6.07) is 0. The summed E-state index contributed by atoms with van der Waals surface area (Å²) in [5.41, 5.74) is 0.466. The molecule has 0 saturated heterocycles. The summed E-state index contributed by atoms with van der Waals surface area (Å²) in [6.45, 7) is 1.76. The van der Waals surface area contributed by atoms with Crippen LogP contribution in [-0.2, 0) is 6.18 Å². The van der Waals surface area contributed by atoms with Crippen molar-refractivity contribution in [2.75, 3.05) is 5.32 Å². The van der Waals surface area contributed by atoms with E-state index in [-0.39, 0.29) is 5.13 Å². The number of nitrogens with zero attached hydrogens (tertiary/aromatic N) is 2. The molecule has 2 rings (SSSR count). The van der Waals surface area contributed by atoms with Crippen LogP contribution < -0.4 is 5.32 Å². The number of rotatable bonds is 2. The second-order valence-electron chi connectivity index (χ2n) is 3.07. The fourth-order valence-electron chi connectivity index (χ4n) is 1.05. The lowest BCUT2D eigenvalue weighted by Crippen LogP contribution is -2.05. The van der Waals surface area contributed by atoms with E-state index < -0.39 is 11.9 Å². The van der Waals surface area contributed by atoms with Gasteiger partial charge < -0.3 is 5.32 Å². The van der Waals surface area contributed by atoms with Gasteiger partial charge in [0.1, 0.15) is 0 Å². The third-order valence-electron chi connectivity index (χ3n) is 1.87. The molecule has 86 valence electrons. The minimum absolute atomic E-state index is 0.192. The van der Waals surface area contributed by atoms with Crippen LogP contribution in [0.15, 0.2) is 11.6 Å². The third kappa shape index (κ3) is 2.16. The van der Waals surface area contributed by atoms with Crippen LogP contribution >= 0.6 is 11.3 Å². The Balaban J connectivity index is 2.18. The van der Waals surface area contributed by atoms with E-state index >= 15 is 0 Å². The first kappa shape index (κ1) is 10.9. The van der Waals surface area contributed by atoms with Crippen LogP contribution in [0.25, 0.3) is 0 Å². The van der Waals surface area contributed by atoms with Crippen molar-refractivity contribution in [1.29, 1.82) is 0 Å². The number of hydrogen-bond donors (Lipinski definition) is 2. The van der Waals surface area contributed by atoms with Crippen LogP contribution in [-0.4, -0.2) is 15.2 Å². The highest BCUT2D eigenvalue weighted by Crippen LogP contribution is 2.32. The lowest BCUT2D eigenvalue weighted by atomic mass is 10.4. The standard InChI is InChI=1S/C8H7F3N4S/c1-4-5(2-12-15-4)13-7-14-6(3-16-7)8(9,10)11/h2-3H,1H3,(H,12,15)(H,13,14). The lowest BCUT2D eigenvalue weighted by Gasteiger charge is -2.01. The van der Waals surface area contributed by atoms with Gasteiger partial charge in [-0.3, -0.25) is 5.10 Å². The van der Waals surface area contributed by atoms with Crippen molar-refractivity contribution >= 4 is 22.2 Å². The molecule has 0 amide bonds. The monoisotopic (exact) mass is 248 g/mol. The first-order valence-corrected chi connectivity index (χ1v) is 5.14. The average Bonchev–Trinajstić information content (AvgIpc) is 2.76. The Morgan fingerprint density at radius 1 is 1.44 bits per heavy atom. The van der Waals surface area contributed by atoms with Gasteiger partial charge in [0.15, 0.2) is 10.8 Å². The Hall–Kier alpha value is -1.57. The Labute approximate surface area is 92.5 Å². The Morgan fingerprint density at radius 2 is 2.19 bits per heavy atom. The van der Waals surface area contributed by atoms with Crippen molar-refractivity contribution in [3.05, 3.63) is 23.0 Å². The van der Waals surface area contributed by atoms with Crippen molar-refractivity contribution in [2.45, 2.75) is 13.1 Å². The smallest absolute Gasteiger partial charge is 0.329 e. The summed E-state index contributed by atoms with van der Waals surface area (Å²) < 4.78 is 36.8. The zero-order valence-corrected chi connectivity index (χ0v) is 8.91. The molecule has 2 heterocycles. The number of aromatic amines is 1. The van der Waals surface area contributed by atoms with Crippen LogP contribution in [0.1, 0.15) is 11.4 Å². The van der Waals surface area contributed by atoms with Gasteiger partial charge in [-0.2, -0.15) is 18.3 Å². The minimum Gasteiger partial charge on any atom is -0.329 e. The summed E-state index contributed by atoms with van der Waals surface area (Å²) in [6.07, 6.45) is -2.91. The molecule has 0 spiro atoms. The molecule has 0 unspecified atom stereocenters. The van der Waals surface area contributed by atoms with E-state index in [9.17, 15) is 13.2 Å². The number of aromatic nitrogens is 3. The average molecular weight is 248 g/mol. The maximum absolute atomic E-state index is 12.3. The highest BCUT2D eigenvalue weighted by atomic mass is 32.1. The topological polar surface area (TPSA) is 53.6 Å². The number of alkyl halides is 3. The predicted molar refractivity (Wildman–Crippen MR) is 53.7 cm³/mol. The van der Waals surface area contributed by atoms with Crippen LogP contribution in [0, 0.1) is 6.92 Å². The molecule has 0 saturated carbocycles. The number of hydrogen-bond acceptors (Lipinski definition) is 4. The van der Waals surface area contributed by atoms with E-state index in [4.69, 9.17) is 0 Å². The SMILES string of the molecule is Cc1[nH]ncc1Nc1nc(C(F)(F)F)cs1. The molecule has 0 radical (unpaired) electrons. The van der Waals surface area contributed by atoms with Crippen LogP contribution in [0.3, 0.4) is 0 Å². The number of anilines is 2. The number of halogens is 3. The molecule has 0 aromatic carbocycles. The Morgan fingerprint density at radius 3 is 2.69 bits per heavy atom. The molecule has 0 atom stereocenters. The first-order valence-electron chi connectivity index (χ1n) is 4.26. The van der Waals surface area contributed by atoms with Crippen molar-refractivity contribution < 1.29 is 13.2 Å². The second kappa shape index (κ2) is 3.78.